The Morgan fingerprint density at radius 1 is 1.89 bits per heavy atom. The van der Waals surface area contributed by atoms with E-state index in [1.807, 2.05) is 17.7 Å². The van der Waals surface area contributed by atoms with E-state index in [4.69, 9.17) is 6.42 Å². The molecule has 2 heteroatoms. The third kappa shape index (κ3) is 1.11. The second kappa shape index (κ2) is 2.36. The lowest BCUT2D eigenvalue weighted by Crippen LogP contribution is -1.95. The average molecular weight is 120 g/mol. The Balaban J connectivity index is 2.84. The third-order valence-electron chi connectivity index (χ3n) is 1.19. The molecule has 0 aliphatic carbocycles. The van der Waals surface area contributed by atoms with Gasteiger partial charge in [0.2, 0.25) is 0 Å². The van der Waals surface area contributed by atoms with Crippen molar-refractivity contribution in [3.8, 4) is 12.3 Å². The van der Waals surface area contributed by atoms with Crippen molar-refractivity contribution >= 4 is 0 Å². The Kier molecular flexibility index (Phi) is 1.55. The van der Waals surface area contributed by atoms with Crippen molar-refractivity contribution in [3.05, 3.63) is 18.2 Å². The zero-order valence-electron chi connectivity index (χ0n) is 5.33. The van der Waals surface area contributed by atoms with Crippen molar-refractivity contribution in [2.24, 2.45) is 0 Å². The van der Waals surface area contributed by atoms with Gasteiger partial charge in [0.25, 0.3) is 0 Å². The van der Waals surface area contributed by atoms with Crippen LogP contribution in [0.5, 0.6) is 0 Å². The zero-order valence-corrected chi connectivity index (χ0v) is 5.33. The zero-order chi connectivity index (χ0) is 6.69. The number of nitrogens with zero attached hydrogens (tertiary/aromatic N) is 2. The summed E-state index contributed by atoms with van der Waals surface area (Å²) >= 11 is 0. The van der Waals surface area contributed by atoms with E-state index in [1.165, 1.54) is 0 Å². The summed E-state index contributed by atoms with van der Waals surface area (Å²) in [7, 11) is 0. The van der Waals surface area contributed by atoms with Crippen molar-refractivity contribution in [2.75, 3.05) is 0 Å². The highest BCUT2D eigenvalue weighted by atomic mass is 15.0. The Bertz CT molecular complexity index is 229. The van der Waals surface area contributed by atoms with Crippen LogP contribution in [0.2, 0.25) is 0 Å². The minimum absolute atomic E-state index is 0.617. The Morgan fingerprint density at radius 3 is 3.11 bits per heavy atom. The summed E-state index contributed by atoms with van der Waals surface area (Å²) in [5.74, 6) is 3.50. The van der Waals surface area contributed by atoms with Gasteiger partial charge < -0.3 is 4.57 Å². The molecule has 0 spiro atoms. The first-order valence-corrected chi connectivity index (χ1v) is 2.76. The Hall–Kier alpha value is -1.23. The number of hydrogen-bond donors (Lipinski definition) is 0. The van der Waals surface area contributed by atoms with Gasteiger partial charge in [-0.25, -0.2) is 4.98 Å². The third-order valence-corrected chi connectivity index (χ3v) is 1.19. The van der Waals surface area contributed by atoms with Crippen LogP contribution in [-0.4, -0.2) is 9.55 Å². The molecular weight excluding hydrogens is 112 g/mol. The molecule has 2 nitrogen and oxygen atoms in total. The average Bonchev–Trinajstić information content (AvgIpc) is 2.18. The maximum absolute atomic E-state index is 5.09. The van der Waals surface area contributed by atoms with Crippen LogP contribution >= 0.6 is 0 Å². The monoisotopic (exact) mass is 120 g/mol. The van der Waals surface area contributed by atoms with Crippen LogP contribution in [0.3, 0.4) is 0 Å². The number of aryl methyl sites for hydroxylation is 1. The van der Waals surface area contributed by atoms with Crippen LogP contribution in [0.4, 0.5) is 0 Å². The van der Waals surface area contributed by atoms with Gasteiger partial charge in [-0.15, -0.1) is 6.42 Å². The second-order valence-corrected chi connectivity index (χ2v) is 1.81. The molecule has 0 radical (unpaired) electrons. The summed E-state index contributed by atoms with van der Waals surface area (Å²) in [5, 5.41) is 0. The fourth-order valence-electron chi connectivity index (χ4n) is 0.669. The Labute approximate surface area is 54.5 Å². The summed E-state index contributed by atoms with van der Waals surface area (Å²) in [6.45, 7) is 2.54. The molecule has 9 heavy (non-hydrogen) atoms. The second-order valence-electron chi connectivity index (χ2n) is 1.81. The number of aromatic nitrogens is 2. The molecule has 0 fully saturated rings. The van der Waals surface area contributed by atoms with Crippen molar-refractivity contribution in [3.63, 3.8) is 0 Å². The van der Waals surface area contributed by atoms with E-state index < -0.39 is 0 Å². The quantitative estimate of drug-likeness (QED) is 0.502. The molecule has 0 saturated heterocycles. The minimum Gasteiger partial charge on any atom is -0.324 e. The molecule has 0 bridgehead atoms. The fraction of sp³-hybridized carbons (Fsp3) is 0.286. The van der Waals surface area contributed by atoms with Gasteiger partial charge >= 0.3 is 0 Å². The lowest BCUT2D eigenvalue weighted by Gasteiger charge is -1.94. The van der Waals surface area contributed by atoms with E-state index in [9.17, 15) is 0 Å². The molecule has 0 amide bonds. The molecule has 1 aromatic rings. The highest BCUT2D eigenvalue weighted by Crippen LogP contribution is 1.92. The van der Waals surface area contributed by atoms with Gasteiger partial charge in [0, 0.05) is 12.4 Å². The van der Waals surface area contributed by atoms with Crippen LogP contribution in [0.1, 0.15) is 5.82 Å². The Morgan fingerprint density at radius 2 is 2.67 bits per heavy atom. The first-order chi connectivity index (χ1) is 4.34. The standard InChI is InChI=1S/C7H8N2/c1-3-5-9-6-4-8-7(9)2/h1,4,6H,5H2,2H3. The van der Waals surface area contributed by atoms with Gasteiger partial charge in [0.1, 0.15) is 5.82 Å². The largest absolute Gasteiger partial charge is 0.324 e. The smallest absolute Gasteiger partial charge is 0.106 e. The molecule has 0 saturated carbocycles. The first kappa shape index (κ1) is 5.90. The fourth-order valence-corrected chi connectivity index (χ4v) is 0.669. The molecule has 0 aromatic carbocycles. The van der Waals surface area contributed by atoms with Gasteiger partial charge in [0.15, 0.2) is 0 Å². The van der Waals surface area contributed by atoms with Crippen LogP contribution < -0.4 is 0 Å². The van der Waals surface area contributed by atoms with Gasteiger partial charge in [-0.2, -0.15) is 0 Å². The number of imidazole rings is 1. The maximum Gasteiger partial charge on any atom is 0.106 e. The summed E-state index contributed by atoms with van der Waals surface area (Å²) in [6, 6.07) is 0. The van der Waals surface area contributed by atoms with Crippen LogP contribution in [0.25, 0.3) is 0 Å². The number of rotatable bonds is 1. The number of terminal acetylenes is 1. The van der Waals surface area contributed by atoms with Crippen molar-refractivity contribution in [1.82, 2.24) is 9.55 Å². The molecule has 46 valence electrons. The van der Waals surface area contributed by atoms with Crippen LogP contribution in [0, 0.1) is 19.3 Å². The van der Waals surface area contributed by atoms with Gasteiger partial charge in [-0.1, -0.05) is 5.92 Å². The van der Waals surface area contributed by atoms with Gasteiger partial charge in [-0.05, 0) is 6.92 Å². The van der Waals surface area contributed by atoms with E-state index in [0.29, 0.717) is 6.54 Å². The summed E-state index contributed by atoms with van der Waals surface area (Å²) in [5.41, 5.74) is 0. The number of hydrogen-bond acceptors (Lipinski definition) is 1. The minimum atomic E-state index is 0.617. The summed E-state index contributed by atoms with van der Waals surface area (Å²) in [6.07, 6.45) is 8.70. The van der Waals surface area contributed by atoms with Crippen molar-refractivity contribution in [1.29, 1.82) is 0 Å². The lowest BCUT2D eigenvalue weighted by atomic mass is 10.6. The predicted molar refractivity (Wildman–Crippen MR) is 35.8 cm³/mol. The molecule has 1 aromatic heterocycles. The van der Waals surface area contributed by atoms with E-state index in [0.717, 1.165) is 5.82 Å². The highest BCUT2D eigenvalue weighted by molar-refractivity contribution is 4.94. The molecule has 1 rings (SSSR count). The van der Waals surface area contributed by atoms with Crippen LogP contribution in [-0.2, 0) is 6.54 Å². The molecule has 1 heterocycles. The van der Waals surface area contributed by atoms with E-state index in [1.54, 1.807) is 6.20 Å². The first-order valence-electron chi connectivity index (χ1n) is 2.76. The predicted octanol–water partition coefficient (Wildman–Crippen LogP) is 0.825. The van der Waals surface area contributed by atoms with Crippen LogP contribution in [0.15, 0.2) is 12.4 Å². The normalized spacial score (nSPS) is 8.89. The van der Waals surface area contributed by atoms with Crippen molar-refractivity contribution < 1.29 is 0 Å². The highest BCUT2D eigenvalue weighted by Gasteiger charge is 1.90. The molecule has 0 aliphatic heterocycles. The topological polar surface area (TPSA) is 17.8 Å². The molecular formula is C7H8N2. The molecule has 0 atom stereocenters. The summed E-state index contributed by atoms with van der Waals surface area (Å²) < 4.78 is 1.92. The lowest BCUT2D eigenvalue weighted by molar-refractivity contribution is 0.797. The van der Waals surface area contributed by atoms with E-state index in [-0.39, 0.29) is 0 Å². The summed E-state index contributed by atoms with van der Waals surface area (Å²) in [4.78, 5) is 4.00. The molecule has 0 aliphatic rings. The SMILES string of the molecule is C#CCn1ccnc1C. The van der Waals surface area contributed by atoms with Gasteiger partial charge in [0.05, 0.1) is 6.54 Å². The van der Waals surface area contributed by atoms with E-state index >= 15 is 0 Å². The molecule has 0 N–H and O–H groups in total. The van der Waals surface area contributed by atoms with Gasteiger partial charge in [-0.3, -0.25) is 0 Å². The maximum atomic E-state index is 5.09. The molecule has 0 unspecified atom stereocenters. The van der Waals surface area contributed by atoms with E-state index in [2.05, 4.69) is 10.9 Å². The van der Waals surface area contributed by atoms with Crippen molar-refractivity contribution in [2.45, 2.75) is 13.5 Å².